The van der Waals surface area contributed by atoms with Crippen LogP contribution in [0.4, 0.5) is 21.6 Å². The molecule has 0 saturated carbocycles. The molecule has 1 aromatic heterocycles. The van der Waals surface area contributed by atoms with E-state index in [0.29, 0.717) is 16.5 Å². The number of aromatic nitrogens is 1. The average Bonchev–Trinajstić information content (AvgIpc) is 2.57. The fraction of sp³-hybridized carbons (Fsp3) is 0.294. The predicted octanol–water partition coefficient (Wildman–Crippen LogP) is 3.67. The van der Waals surface area contributed by atoms with Gasteiger partial charge in [0.1, 0.15) is 5.82 Å². The molecule has 0 bridgehead atoms. The van der Waals surface area contributed by atoms with E-state index in [2.05, 4.69) is 20.6 Å². The van der Waals surface area contributed by atoms with Gasteiger partial charge in [-0.1, -0.05) is 11.8 Å². The van der Waals surface area contributed by atoms with Gasteiger partial charge in [0.2, 0.25) is 0 Å². The smallest absolute Gasteiger partial charge is 0.154 e. The molecule has 126 valence electrons. The number of hydrogen-bond acceptors (Lipinski definition) is 6. The number of amidine groups is 1. The molecular weight excluding hydrogens is 325 g/mol. The van der Waals surface area contributed by atoms with Crippen LogP contribution in [0.15, 0.2) is 41.5 Å². The Hall–Kier alpha value is -2.28. The fourth-order valence-electron chi connectivity index (χ4n) is 2.74. The van der Waals surface area contributed by atoms with Crippen molar-refractivity contribution in [3.63, 3.8) is 0 Å². The third kappa shape index (κ3) is 3.31. The maximum Gasteiger partial charge on any atom is 0.154 e. The third-order valence-electron chi connectivity index (χ3n) is 4.08. The van der Waals surface area contributed by atoms with Crippen LogP contribution in [0, 0.1) is 5.82 Å². The topological polar surface area (TPSA) is 75.3 Å². The number of anilines is 3. The Labute approximate surface area is 145 Å². The average molecular weight is 345 g/mol. The van der Waals surface area contributed by atoms with E-state index >= 15 is 0 Å². The second kappa shape index (κ2) is 6.68. The highest BCUT2D eigenvalue weighted by Gasteiger charge is 2.32. The van der Waals surface area contributed by atoms with Gasteiger partial charge in [-0.3, -0.25) is 4.99 Å². The molecule has 1 aromatic carbocycles. The van der Waals surface area contributed by atoms with E-state index in [4.69, 9.17) is 5.73 Å². The zero-order chi connectivity index (χ0) is 17.2. The lowest BCUT2D eigenvalue weighted by Crippen LogP contribution is -2.29. The summed E-state index contributed by atoms with van der Waals surface area (Å²) >= 11 is 1.50. The van der Waals surface area contributed by atoms with Crippen molar-refractivity contribution in [2.75, 3.05) is 23.4 Å². The Balaban J connectivity index is 1.96. The van der Waals surface area contributed by atoms with Crippen LogP contribution in [0.1, 0.15) is 18.9 Å². The summed E-state index contributed by atoms with van der Waals surface area (Å²) in [6.45, 7) is 1.92. The molecule has 2 heterocycles. The summed E-state index contributed by atoms with van der Waals surface area (Å²) < 4.78 is 14.4. The number of hydrogen-bond donors (Lipinski definition) is 3. The van der Waals surface area contributed by atoms with E-state index in [1.165, 1.54) is 17.8 Å². The Morgan fingerprint density at radius 2 is 2.17 bits per heavy atom. The van der Waals surface area contributed by atoms with E-state index in [9.17, 15) is 4.39 Å². The number of nitrogens with one attached hydrogen (secondary N) is 2. The molecule has 2 aromatic rings. The van der Waals surface area contributed by atoms with Crippen LogP contribution in [0.2, 0.25) is 0 Å². The Kier molecular flexibility index (Phi) is 4.62. The van der Waals surface area contributed by atoms with Crippen LogP contribution in [0.3, 0.4) is 0 Å². The lowest BCUT2D eigenvalue weighted by Gasteiger charge is -2.30. The largest absolute Gasteiger partial charge is 0.385 e. The first kappa shape index (κ1) is 16.6. The lowest BCUT2D eigenvalue weighted by molar-refractivity contribution is 0.450. The van der Waals surface area contributed by atoms with Gasteiger partial charge in [-0.2, -0.15) is 0 Å². The van der Waals surface area contributed by atoms with Crippen molar-refractivity contribution in [3.05, 3.63) is 47.9 Å². The number of aliphatic imine (C=N–C) groups is 1. The van der Waals surface area contributed by atoms with Gasteiger partial charge < -0.3 is 16.4 Å². The van der Waals surface area contributed by atoms with Crippen LogP contribution in [0.5, 0.6) is 0 Å². The molecule has 1 aliphatic rings. The second-order valence-electron chi connectivity index (χ2n) is 5.79. The highest BCUT2D eigenvalue weighted by Crippen LogP contribution is 2.38. The Bertz CT molecular complexity index is 779. The van der Waals surface area contributed by atoms with Gasteiger partial charge in [0.15, 0.2) is 11.0 Å². The van der Waals surface area contributed by atoms with Crippen molar-refractivity contribution in [3.8, 4) is 0 Å². The molecule has 0 saturated heterocycles. The zero-order valence-corrected chi connectivity index (χ0v) is 14.5. The van der Waals surface area contributed by atoms with Crippen molar-refractivity contribution in [2.24, 2.45) is 10.7 Å². The standard InChI is InChI=1S/C17H20FN5S/c1-17(7-9-24-16(19)23-17)12-10-11(5-6-13(12)18)22-15-14(20-2)4-3-8-21-15/h3-6,8,10,20H,7,9H2,1-2H3,(H2,19,23)(H,21,22)/t17-/m0/s1. The van der Waals surface area contributed by atoms with Crippen LogP contribution >= 0.6 is 11.8 Å². The van der Waals surface area contributed by atoms with Crippen molar-refractivity contribution < 1.29 is 4.39 Å². The minimum Gasteiger partial charge on any atom is -0.385 e. The first-order valence-electron chi connectivity index (χ1n) is 7.70. The number of halogens is 1. The van der Waals surface area contributed by atoms with Crippen LogP contribution in [0.25, 0.3) is 0 Å². The molecule has 0 fully saturated rings. The fourth-order valence-corrected chi connectivity index (χ4v) is 3.71. The quantitative estimate of drug-likeness (QED) is 0.788. The van der Waals surface area contributed by atoms with Crippen molar-refractivity contribution in [1.29, 1.82) is 0 Å². The summed E-state index contributed by atoms with van der Waals surface area (Å²) in [5.74, 6) is 1.24. The molecule has 5 nitrogen and oxygen atoms in total. The molecule has 0 spiro atoms. The summed E-state index contributed by atoms with van der Waals surface area (Å²) in [5.41, 5.74) is 7.37. The number of nitrogens with zero attached hydrogens (tertiary/aromatic N) is 2. The predicted molar refractivity (Wildman–Crippen MR) is 99.5 cm³/mol. The summed E-state index contributed by atoms with van der Waals surface area (Å²) in [4.78, 5) is 8.81. The van der Waals surface area contributed by atoms with Crippen LogP contribution in [-0.2, 0) is 5.54 Å². The van der Waals surface area contributed by atoms with E-state index in [1.807, 2.05) is 26.1 Å². The molecule has 4 N–H and O–H groups in total. The van der Waals surface area contributed by atoms with Gasteiger partial charge in [0.05, 0.1) is 11.2 Å². The molecular formula is C17H20FN5S. The number of pyridine rings is 1. The van der Waals surface area contributed by atoms with Crippen LogP contribution < -0.4 is 16.4 Å². The van der Waals surface area contributed by atoms with E-state index < -0.39 is 5.54 Å². The molecule has 0 amide bonds. The van der Waals surface area contributed by atoms with Crippen molar-refractivity contribution in [2.45, 2.75) is 18.9 Å². The van der Waals surface area contributed by atoms with E-state index in [-0.39, 0.29) is 5.82 Å². The Morgan fingerprint density at radius 1 is 1.33 bits per heavy atom. The van der Waals surface area contributed by atoms with Gasteiger partial charge in [0, 0.05) is 30.2 Å². The molecule has 1 atom stereocenters. The normalized spacial score (nSPS) is 20.4. The van der Waals surface area contributed by atoms with Gasteiger partial charge in [0.25, 0.3) is 0 Å². The molecule has 3 rings (SSSR count). The summed E-state index contributed by atoms with van der Waals surface area (Å²) in [6, 6.07) is 8.71. The number of nitrogens with two attached hydrogens (primary N) is 1. The highest BCUT2D eigenvalue weighted by molar-refractivity contribution is 8.13. The minimum atomic E-state index is -0.646. The van der Waals surface area contributed by atoms with Gasteiger partial charge >= 0.3 is 0 Å². The Morgan fingerprint density at radius 3 is 2.92 bits per heavy atom. The zero-order valence-electron chi connectivity index (χ0n) is 13.6. The lowest BCUT2D eigenvalue weighted by atomic mass is 9.89. The molecule has 0 radical (unpaired) electrons. The minimum absolute atomic E-state index is 0.277. The monoisotopic (exact) mass is 345 g/mol. The van der Waals surface area contributed by atoms with E-state index in [1.54, 1.807) is 18.3 Å². The van der Waals surface area contributed by atoms with Crippen LogP contribution in [-0.4, -0.2) is 23.0 Å². The van der Waals surface area contributed by atoms with Gasteiger partial charge in [-0.05, 0) is 43.7 Å². The molecule has 0 unspecified atom stereocenters. The highest BCUT2D eigenvalue weighted by atomic mass is 32.2. The number of benzene rings is 1. The van der Waals surface area contributed by atoms with Gasteiger partial charge in [-0.25, -0.2) is 9.37 Å². The summed E-state index contributed by atoms with van der Waals surface area (Å²) in [6.07, 6.45) is 2.45. The summed E-state index contributed by atoms with van der Waals surface area (Å²) in [7, 11) is 1.83. The number of thioether (sulfide) groups is 1. The van der Waals surface area contributed by atoms with Gasteiger partial charge in [-0.15, -0.1) is 0 Å². The molecule has 24 heavy (non-hydrogen) atoms. The maximum absolute atomic E-state index is 14.4. The first-order chi connectivity index (χ1) is 11.5. The van der Waals surface area contributed by atoms with Crippen molar-refractivity contribution >= 4 is 34.1 Å². The van der Waals surface area contributed by atoms with E-state index in [0.717, 1.165) is 23.5 Å². The van der Waals surface area contributed by atoms with Crippen molar-refractivity contribution in [1.82, 2.24) is 4.98 Å². The maximum atomic E-state index is 14.4. The summed E-state index contributed by atoms with van der Waals surface area (Å²) in [5, 5.41) is 6.82. The third-order valence-corrected chi connectivity index (χ3v) is 4.88. The number of rotatable bonds is 4. The first-order valence-corrected chi connectivity index (χ1v) is 8.68. The molecule has 1 aliphatic heterocycles. The SMILES string of the molecule is CNc1cccnc1Nc1ccc(F)c([C@]2(C)CCSC(N)=N2)c1. The molecule has 0 aliphatic carbocycles. The molecule has 7 heteroatoms. The second-order valence-corrected chi connectivity index (χ2v) is 6.91.